The fraction of sp³-hybridized carbons (Fsp3) is 0.292. The maximum Gasteiger partial charge on any atom is 0.340 e. The summed E-state index contributed by atoms with van der Waals surface area (Å²) in [6.45, 7) is 3.50. The topological polar surface area (TPSA) is 80.8 Å². The molecule has 1 aliphatic rings. The van der Waals surface area contributed by atoms with E-state index in [4.69, 9.17) is 9.47 Å². The third-order valence-corrected chi connectivity index (χ3v) is 5.39. The first-order chi connectivity index (χ1) is 15.0. The Kier molecular flexibility index (Phi) is 6.02. The molecule has 1 fully saturated rings. The summed E-state index contributed by atoms with van der Waals surface area (Å²) in [6.07, 6.45) is 2.42. The molecule has 1 amide bonds. The lowest BCUT2D eigenvalue weighted by atomic mass is 10.1. The van der Waals surface area contributed by atoms with Crippen molar-refractivity contribution < 1.29 is 19.1 Å². The maximum absolute atomic E-state index is 12.5. The van der Waals surface area contributed by atoms with Gasteiger partial charge >= 0.3 is 5.97 Å². The van der Waals surface area contributed by atoms with Crippen LogP contribution in [0.4, 0.5) is 11.4 Å². The molecule has 0 aliphatic carbocycles. The van der Waals surface area contributed by atoms with Crippen molar-refractivity contribution in [2.45, 2.75) is 19.8 Å². The first-order valence-electron chi connectivity index (χ1n) is 10.3. The Balaban J connectivity index is 1.36. The highest BCUT2D eigenvalue weighted by molar-refractivity contribution is 5.98. The van der Waals surface area contributed by atoms with Crippen LogP contribution in [0.3, 0.4) is 0 Å². The number of ether oxygens (including phenoxy) is 2. The molecule has 1 aromatic heterocycles. The fourth-order valence-electron chi connectivity index (χ4n) is 3.72. The number of fused-ring (bicyclic) bond motifs is 1. The minimum atomic E-state index is -0.589. The maximum atomic E-state index is 12.5. The second-order valence-corrected chi connectivity index (χ2v) is 7.55. The van der Waals surface area contributed by atoms with Crippen LogP contribution in [-0.2, 0) is 9.53 Å². The number of hydrogen-bond donors (Lipinski definition) is 1. The van der Waals surface area contributed by atoms with Crippen LogP contribution in [0.25, 0.3) is 10.9 Å². The molecule has 7 nitrogen and oxygen atoms in total. The molecule has 2 heterocycles. The van der Waals surface area contributed by atoms with Gasteiger partial charge in [0.1, 0.15) is 5.75 Å². The molecule has 31 heavy (non-hydrogen) atoms. The van der Waals surface area contributed by atoms with Gasteiger partial charge in [-0.1, -0.05) is 0 Å². The predicted octanol–water partition coefficient (Wildman–Crippen LogP) is 3.95. The van der Waals surface area contributed by atoms with Crippen molar-refractivity contribution in [1.29, 1.82) is 0 Å². The van der Waals surface area contributed by atoms with Crippen LogP contribution in [0.15, 0.2) is 48.5 Å². The number of carbonyl (C=O) groups excluding carboxylic acids is 2. The van der Waals surface area contributed by atoms with E-state index >= 15 is 0 Å². The number of anilines is 2. The Morgan fingerprint density at radius 2 is 1.81 bits per heavy atom. The Hall–Kier alpha value is -3.61. The van der Waals surface area contributed by atoms with Crippen LogP contribution in [-0.4, -0.2) is 43.7 Å². The SMILES string of the molecule is COc1ccc2nc(C)c(C(=O)OCC(=O)Nc3ccc(N4CCCC4)cc3)cc2c1. The summed E-state index contributed by atoms with van der Waals surface area (Å²) < 4.78 is 10.4. The summed E-state index contributed by atoms with van der Waals surface area (Å²) in [5.41, 5.74) is 3.44. The van der Waals surface area contributed by atoms with Gasteiger partial charge in [-0.05, 0) is 68.3 Å². The van der Waals surface area contributed by atoms with Gasteiger partial charge in [0.15, 0.2) is 6.61 Å². The first kappa shape index (κ1) is 20.7. The van der Waals surface area contributed by atoms with Crippen LogP contribution < -0.4 is 15.0 Å². The molecule has 4 rings (SSSR count). The average molecular weight is 419 g/mol. The van der Waals surface area contributed by atoms with E-state index in [2.05, 4.69) is 15.2 Å². The number of hydrogen-bond acceptors (Lipinski definition) is 6. The standard InChI is InChI=1S/C24H25N3O4/c1-16-21(14-17-13-20(30-2)9-10-22(17)25-16)24(29)31-15-23(28)26-18-5-7-19(8-6-18)27-11-3-4-12-27/h5-10,13-14H,3-4,11-12,15H2,1-2H3,(H,26,28). The normalized spacial score (nSPS) is 13.3. The molecule has 7 heteroatoms. The van der Waals surface area contributed by atoms with Crippen LogP contribution in [0.1, 0.15) is 28.9 Å². The zero-order chi connectivity index (χ0) is 21.8. The molecule has 2 aromatic carbocycles. The predicted molar refractivity (Wildman–Crippen MR) is 120 cm³/mol. The van der Waals surface area contributed by atoms with Gasteiger partial charge in [0, 0.05) is 29.9 Å². The highest BCUT2D eigenvalue weighted by atomic mass is 16.5. The van der Waals surface area contributed by atoms with Crippen molar-refractivity contribution in [3.05, 3.63) is 59.8 Å². The molecular weight excluding hydrogens is 394 g/mol. The second-order valence-electron chi connectivity index (χ2n) is 7.55. The van der Waals surface area contributed by atoms with Gasteiger partial charge in [-0.2, -0.15) is 0 Å². The van der Waals surface area contributed by atoms with E-state index in [0.29, 0.717) is 22.7 Å². The highest BCUT2D eigenvalue weighted by Gasteiger charge is 2.16. The van der Waals surface area contributed by atoms with Crippen LogP contribution >= 0.6 is 0 Å². The quantitative estimate of drug-likeness (QED) is 0.610. The Morgan fingerprint density at radius 3 is 2.52 bits per heavy atom. The first-order valence-corrected chi connectivity index (χ1v) is 10.3. The number of nitrogens with one attached hydrogen (secondary N) is 1. The van der Waals surface area contributed by atoms with Crippen LogP contribution in [0.2, 0.25) is 0 Å². The van der Waals surface area contributed by atoms with E-state index in [1.165, 1.54) is 12.8 Å². The molecule has 160 valence electrons. The summed E-state index contributed by atoms with van der Waals surface area (Å²) >= 11 is 0. The zero-order valence-corrected chi connectivity index (χ0v) is 17.7. The van der Waals surface area contributed by atoms with E-state index in [1.54, 1.807) is 26.2 Å². The second kappa shape index (κ2) is 9.04. The number of aryl methyl sites for hydroxylation is 1. The van der Waals surface area contributed by atoms with Gasteiger partial charge in [0.25, 0.3) is 5.91 Å². The molecule has 0 atom stereocenters. The lowest BCUT2D eigenvalue weighted by Crippen LogP contribution is -2.21. The van der Waals surface area contributed by atoms with Crippen molar-refractivity contribution >= 4 is 34.2 Å². The number of amides is 1. The average Bonchev–Trinajstić information content (AvgIpc) is 3.32. The van der Waals surface area contributed by atoms with E-state index in [9.17, 15) is 9.59 Å². The van der Waals surface area contributed by atoms with Crippen molar-refractivity contribution in [1.82, 2.24) is 4.98 Å². The molecular formula is C24H25N3O4. The Morgan fingerprint density at radius 1 is 1.06 bits per heavy atom. The molecule has 0 unspecified atom stereocenters. The van der Waals surface area contributed by atoms with Gasteiger partial charge in [-0.25, -0.2) is 4.79 Å². The van der Waals surface area contributed by atoms with Crippen molar-refractivity contribution in [2.75, 3.05) is 37.0 Å². The number of rotatable bonds is 6. The molecule has 0 bridgehead atoms. The number of nitrogens with zero attached hydrogens (tertiary/aromatic N) is 2. The summed E-state index contributed by atoms with van der Waals surface area (Å²) in [5.74, 6) is -0.308. The summed E-state index contributed by atoms with van der Waals surface area (Å²) in [4.78, 5) is 31.5. The van der Waals surface area contributed by atoms with E-state index < -0.39 is 11.9 Å². The lowest BCUT2D eigenvalue weighted by molar-refractivity contribution is -0.119. The summed E-state index contributed by atoms with van der Waals surface area (Å²) in [6, 6.07) is 14.9. The van der Waals surface area contributed by atoms with E-state index in [-0.39, 0.29) is 6.61 Å². The van der Waals surface area contributed by atoms with Gasteiger partial charge in [-0.15, -0.1) is 0 Å². The number of pyridine rings is 1. The van der Waals surface area contributed by atoms with Crippen LogP contribution in [0.5, 0.6) is 5.75 Å². The summed E-state index contributed by atoms with van der Waals surface area (Å²) in [5, 5.41) is 3.52. The lowest BCUT2D eigenvalue weighted by Gasteiger charge is -2.17. The van der Waals surface area contributed by atoms with Crippen molar-refractivity contribution in [2.24, 2.45) is 0 Å². The minimum Gasteiger partial charge on any atom is -0.497 e. The number of methoxy groups -OCH3 is 1. The highest BCUT2D eigenvalue weighted by Crippen LogP contribution is 2.23. The monoisotopic (exact) mass is 419 g/mol. The fourth-order valence-corrected chi connectivity index (χ4v) is 3.72. The number of aromatic nitrogens is 1. The van der Waals surface area contributed by atoms with Gasteiger partial charge in [0.2, 0.25) is 0 Å². The van der Waals surface area contributed by atoms with Gasteiger partial charge in [0.05, 0.1) is 23.9 Å². The van der Waals surface area contributed by atoms with Crippen LogP contribution in [0, 0.1) is 6.92 Å². The molecule has 1 aliphatic heterocycles. The minimum absolute atomic E-state index is 0.323. The summed E-state index contributed by atoms with van der Waals surface area (Å²) in [7, 11) is 1.58. The van der Waals surface area contributed by atoms with Crippen molar-refractivity contribution in [3.8, 4) is 5.75 Å². The number of esters is 1. The van der Waals surface area contributed by atoms with Gasteiger partial charge < -0.3 is 19.7 Å². The molecule has 0 saturated carbocycles. The zero-order valence-electron chi connectivity index (χ0n) is 17.7. The Labute approximate surface area is 181 Å². The largest absolute Gasteiger partial charge is 0.497 e. The molecule has 3 aromatic rings. The number of carbonyl (C=O) groups is 2. The molecule has 0 radical (unpaired) electrons. The van der Waals surface area contributed by atoms with Crippen molar-refractivity contribution in [3.63, 3.8) is 0 Å². The third kappa shape index (κ3) is 4.77. The molecule has 1 saturated heterocycles. The van der Waals surface area contributed by atoms with Gasteiger partial charge in [-0.3, -0.25) is 9.78 Å². The molecule has 0 spiro atoms. The third-order valence-electron chi connectivity index (χ3n) is 5.39. The molecule has 1 N–H and O–H groups in total. The Bertz CT molecular complexity index is 1110. The number of benzene rings is 2. The van der Waals surface area contributed by atoms with E-state index in [1.807, 2.05) is 36.4 Å². The van der Waals surface area contributed by atoms with E-state index in [0.717, 1.165) is 29.7 Å². The smallest absolute Gasteiger partial charge is 0.340 e.